The highest BCUT2D eigenvalue weighted by molar-refractivity contribution is 6.04. The maximum atomic E-state index is 13.8. The molecule has 0 unspecified atom stereocenters. The van der Waals surface area contributed by atoms with E-state index in [0.29, 0.717) is 42.2 Å². The van der Waals surface area contributed by atoms with E-state index in [2.05, 4.69) is 32.2 Å². The number of imidazole rings is 1. The number of carbonyl (C=O) groups is 1. The largest absolute Gasteiger partial charge is 0.416 e. The molecule has 1 fully saturated rings. The van der Waals surface area contributed by atoms with Crippen molar-refractivity contribution in [3.8, 4) is 11.8 Å². The minimum Gasteiger partial charge on any atom is -0.392 e. The van der Waals surface area contributed by atoms with Crippen LogP contribution in [0.3, 0.4) is 0 Å². The smallest absolute Gasteiger partial charge is 0.392 e. The van der Waals surface area contributed by atoms with E-state index in [1.807, 2.05) is 0 Å². The van der Waals surface area contributed by atoms with Crippen molar-refractivity contribution in [2.45, 2.75) is 25.2 Å². The highest BCUT2D eigenvalue weighted by atomic mass is 19.4. The van der Waals surface area contributed by atoms with Crippen molar-refractivity contribution in [2.75, 3.05) is 18.4 Å². The maximum absolute atomic E-state index is 13.8. The normalized spacial score (nSPS) is 15.9. The molecule has 1 aromatic carbocycles. The molecular weight excluding hydrogens is 485 g/mol. The fourth-order valence-corrected chi connectivity index (χ4v) is 4.14. The first-order chi connectivity index (χ1) is 17.8. The lowest BCUT2D eigenvalue weighted by atomic mass is 10.0. The first-order valence-electron chi connectivity index (χ1n) is 11.4. The molecule has 0 spiro atoms. The lowest BCUT2D eigenvalue weighted by molar-refractivity contribution is -0.138. The average Bonchev–Trinajstić information content (AvgIpc) is 3.48. The van der Waals surface area contributed by atoms with Crippen molar-refractivity contribution < 1.29 is 23.1 Å². The van der Waals surface area contributed by atoms with Crippen LogP contribution in [0.5, 0.6) is 0 Å². The molecule has 1 atom stereocenters. The number of anilines is 1. The van der Waals surface area contributed by atoms with Gasteiger partial charge in [0.25, 0.3) is 5.91 Å². The molecule has 11 heteroatoms. The summed E-state index contributed by atoms with van der Waals surface area (Å²) >= 11 is 0. The lowest BCUT2D eigenvalue weighted by Gasteiger charge is -2.19. The number of nitrogens with zero attached hydrogens (tertiary/aromatic N) is 5. The number of aliphatic hydroxyl groups is 1. The molecule has 4 aromatic rings. The molecule has 1 amide bonds. The summed E-state index contributed by atoms with van der Waals surface area (Å²) in [7, 11) is 0. The number of aliphatic hydroxyl groups excluding tert-OH is 1. The number of fused-ring (bicyclic) bond motifs is 1. The van der Waals surface area contributed by atoms with Crippen molar-refractivity contribution in [1.82, 2.24) is 24.5 Å². The minimum absolute atomic E-state index is 0.0438. The molecule has 4 heterocycles. The van der Waals surface area contributed by atoms with Gasteiger partial charge in [0.1, 0.15) is 11.4 Å². The fraction of sp³-hybridized carbons (Fsp3) is 0.231. The highest BCUT2D eigenvalue weighted by Gasteiger charge is 2.35. The zero-order valence-electron chi connectivity index (χ0n) is 19.4. The molecular formula is C26H21F3N6O2. The maximum Gasteiger partial charge on any atom is 0.416 e. The molecule has 5 rings (SSSR count). The number of rotatable bonds is 4. The van der Waals surface area contributed by atoms with Crippen LogP contribution in [-0.2, 0) is 12.7 Å². The topological polar surface area (TPSA) is 95.7 Å². The Labute approximate surface area is 209 Å². The van der Waals surface area contributed by atoms with Gasteiger partial charge in [-0.25, -0.2) is 14.5 Å². The van der Waals surface area contributed by atoms with Gasteiger partial charge in [0.05, 0.1) is 17.9 Å². The standard InChI is InChI=1S/C26H21F3N6O2/c27-26(28,29)23-12-17(3-4-18(23)15-34-11-8-22(36)16-34)25(37)33-20-7-10-30-19(13-20)5-6-21-14-31-24-2-1-9-32-35(21)24/h1-4,7,9-10,12-14,22,36H,8,11,15-16H2,(H,30,33,37)/t22-/m1/s1. The monoisotopic (exact) mass is 506 g/mol. The van der Waals surface area contributed by atoms with Crippen LogP contribution >= 0.6 is 0 Å². The third-order valence-electron chi connectivity index (χ3n) is 5.93. The molecule has 0 radical (unpaired) electrons. The summed E-state index contributed by atoms with van der Waals surface area (Å²) in [6, 6.07) is 10.1. The zero-order chi connectivity index (χ0) is 26.0. The molecule has 0 bridgehead atoms. The number of benzene rings is 1. The van der Waals surface area contributed by atoms with Gasteiger partial charge in [0.15, 0.2) is 5.65 Å². The average molecular weight is 506 g/mol. The van der Waals surface area contributed by atoms with Gasteiger partial charge >= 0.3 is 6.18 Å². The number of hydrogen-bond acceptors (Lipinski definition) is 6. The van der Waals surface area contributed by atoms with Crippen LogP contribution in [0.4, 0.5) is 18.9 Å². The summed E-state index contributed by atoms with van der Waals surface area (Å²) in [4.78, 5) is 22.9. The summed E-state index contributed by atoms with van der Waals surface area (Å²) in [5, 5.41) is 16.5. The van der Waals surface area contributed by atoms with Crippen LogP contribution in [0.15, 0.2) is 61.1 Å². The van der Waals surface area contributed by atoms with Crippen LogP contribution in [0.1, 0.15) is 39.3 Å². The first kappa shape index (κ1) is 24.4. The summed E-state index contributed by atoms with van der Waals surface area (Å²) in [5.74, 6) is 5.12. The van der Waals surface area contributed by atoms with Crippen molar-refractivity contribution in [3.05, 3.63) is 89.1 Å². The Morgan fingerprint density at radius 3 is 2.78 bits per heavy atom. The summed E-state index contributed by atoms with van der Waals surface area (Å²) in [6.07, 6.45) is -0.00510. The highest BCUT2D eigenvalue weighted by Crippen LogP contribution is 2.34. The van der Waals surface area contributed by atoms with Gasteiger partial charge in [-0.2, -0.15) is 18.3 Å². The lowest BCUT2D eigenvalue weighted by Crippen LogP contribution is -2.24. The quantitative estimate of drug-likeness (QED) is 0.412. The predicted molar refractivity (Wildman–Crippen MR) is 129 cm³/mol. The van der Waals surface area contributed by atoms with Crippen molar-refractivity contribution in [3.63, 3.8) is 0 Å². The number of aromatic nitrogens is 4. The van der Waals surface area contributed by atoms with Crippen LogP contribution in [-0.4, -0.2) is 54.7 Å². The number of likely N-dealkylation sites (tertiary alicyclic amines) is 1. The molecule has 0 aliphatic carbocycles. The number of β-amino-alcohol motifs (C(OH)–C–C–N with tert-alkyl or cyclic N) is 1. The third kappa shape index (κ3) is 5.61. The molecule has 188 valence electrons. The van der Waals surface area contributed by atoms with E-state index < -0.39 is 23.8 Å². The van der Waals surface area contributed by atoms with Gasteiger partial charge in [0, 0.05) is 43.3 Å². The van der Waals surface area contributed by atoms with E-state index in [1.165, 1.54) is 30.5 Å². The van der Waals surface area contributed by atoms with Crippen LogP contribution in [0, 0.1) is 11.8 Å². The second-order valence-corrected chi connectivity index (χ2v) is 8.62. The number of halogens is 3. The Hall–Kier alpha value is -4.27. The molecule has 3 aromatic heterocycles. The Morgan fingerprint density at radius 1 is 1.14 bits per heavy atom. The molecule has 2 N–H and O–H groups in total. The Kier molecular flexibility index (Phi) is 6.60. The second-order valence-electron chi connectivity index (χ2n) is 8.62. The third-order valence-corrected chi connectivity index (χ3v) is 5.93. The number of carbonyl (C=O) groups excluding carboxylic acids is 1. The summed E-state index contributed by atoms with van der Waals surface area (Å²) in [5.41, 5.74) is 0.940. The van der Waals surface area contributed by atoms with E-state index in [-0.39, 0.29) is 17.7 Å². The van der Waals surface area contributed by atoms with Gasteiger partial charge in [-0.1, -0.05) is 6.07 Å². The molecule has 1 aliphatic rings. The van der Waals surface area contributed by atoms with E-state index in [1.54, 1.807) is 33.9 Å². The molecule has 8 nitrogen and oxygen atoms in total. The van der Waals surface area contributed by atoms with Gasteiger partial charge in [-0.15, -0.1) is 0 Å². The molecule has 37 heavy (non-hydrogen) atoms. The number of amides is 1. The predicted octanol–water partition coefficient (Wildman–Crippen LogP) is 3.36. The first-order valence-corrected chi connectivity index (χ1v) is 11.4. The molecule has 1 aliphatic heterocycles. The molecule has 0 saturated carbocycles. The van der Waals surface area contributed by atoms with Gasteiger partial charge < -0.3 is 10.4 Å². The number of alkyl halides is 3. The van der Waals surface area contributed by atoms with Crippen LogP contribution < -0.4 is 5.32 Å². The van der Waals surface area contributed by atoms with Crippen LogP contribution in [0.25, 0.3) is 5.65 Å². The number of nitrogens with one attached hydrogen (secondary N) is 1. The van der Waals surface area contributed by atoms with Gasteiger partial charge in [-0.05, 0) is 60.2 Å². The fourth-order valence-electron chi connectivity index (χ4n) is 4.14. The van der Waals surface area contributed by atoms with E-state index in [4.69, 9.17) is 0 Å². The van der Waals surface area contributed by atoms with Gasteiger partial charge in [-0.3, -0.25) is 9.69 Å². The number of pyridine rings is 1. The van der Waals surface area contributed by atoms with E-state index >= 15 is 0 Å². The summed E-state index contributed by atoms with van der Waals surface area (Å²) in [6.45, 7) is 0.879. The Bertz CT molecular complexity index is 1520. The van der Waals surface area contributed by atoms with E-state index in [0.717, 1.165) is 6.07 Å². The summed E-state index contributed by atoms with van der Waals surface area (Å²) < 4.78 is 42.9. The minimum atomic E-state index is -4.63. The van der Waals surface area contributed by atoms with E-state index in [9.17, 15) is 23.1 Å². The zero-order valence-corrected chi connectivity index (χ0v) is 19.4. The van der Waals surface area contributed by atoms with Crippen molar-refractivity contribution in [2.24, 2.45) is 0 Å². The van der Waals surface area contributed by atoms with Crippen molar-refractivity contribution in [1.29, 1.82) is 0 Å². The van der Waals surface area contributed by atoms with Crippen LogP contribution in [0.2, 0.25) is 0 Å². The SMILES string of the molecule is O=C(Nc1ccnc(C#Cc2cnc3cccnn23)c1)c1ccc(CN2CC[C@@H](O)C2)c(C(F)(F)F)c1. The Balaban J connectivity index is 1.33. The molecule has 1 saturated heterocycles. The van der Waals surface area contributed by atoms with Gasteiger partial charge in [0.2, 0.25) is 0 Å². The second kappa shape index (κ2) is 10.0. The van der Waals surface area contributed by atoms with Crippen molar-refractivity contribution >= 4 is 17.2 Å². The Morgan fingerprint density at radius 2 is 2.00 bits per heavy atom. The number of hydrogen-bond donors (Lipinski definition) is 2.